The number of carbonyl (C=O) groups is 1. The summed E-state index contributed by atoms with van der Waals surface area (Å²) in [7, 11) is 3.41. The molecule has 2 aliphatic rings. The Bertz CT molecular complexity index is 800. The first kappa shape index (κ1) is 19.3. The summed E-state index contributed by atoms with van der Waals surface area (Å²) in [5.41, 5.74) is 1.25. The number of piperidine rings is 1. The summed E-state index contributed by atoms with van der Waals surface area (Å²) in [5, 5.41) is 1.97. The number of carbonyl (C=O) groups excluding carboxylic acids is 1. The van der Waals surface area contributed by atoms with Gasteiger partial charge in [-0.25, -0.2) is 0 Å². The average Bonchev–Trinajstić information content (AvgIpc) is 3.45. The predicted molar refractivity (Wildman–Crippen MR) is 112 cm³/mol. The Hall–Kier alpha value is -2.05. The van der Waals surface area contributed by atoms with Crippen molar-refractivity contribution >= 4 is 17.2 Å². The number of hydrogen-bond donors (Lipinski definition) is 0. The predicted octanol–water partition coefficient (Wildman–Crippen LogP) is 3.86. The van der Waals surface area contributed by atoms with Gasteiger partial charge in [0.25, 0.3) is 5.91 Å². The Morgan fingerprint density at radius 3 is 2.54 bits per heavy atom. The fourth-order valence-electron chi connectivity index (χ4n) is 4.60. The van der Waals surface area contributed by atoms with Crippen molar-refractivity contribution in [2.24, 2.45) is 0 Å². The van der Waals surface area contributed by atoms with Gasteiger partial charge >= 0.3 is 0 Å². The Morgan fingerprint density at radius 1 is 1.04 bits per heavy atom. The van der Waals surface area contributed by atoms with Gasteiger partial charge in [-0.15, -0.1) is 11.3 Å². The number of thiophene rings is 1. The molecule has 6 heteroatoms. The SMILES string of the molecule is COc1cccc(C2CCN(C3CCN(C(=O)c4cccs4)CC3)C2)c1OC. The maximum Gasteiger partial charge on any atom is 0.263 e. The molecular formula is C22H28N2O3S. The fourth-order valence-corrected chi connectivity index (χ4v) is 5.29. The summed E-state index contributed by atoms with van der Waals surface area (Å²) in [6, 6.07) is 10.6. The molecule has 0 spiro atoms. The lowest BCUT2D eigenvalue weighted by molar-refractivity contribution is 0.0648. The van der Waals surface area contributed by atoms with E-state index < -0.39 is 0 Å². The summed E-state index contributed by atoms with van der Waals surface area (Å²) >= 11 is 1.53. The molecule has 0 radical (unpaired) electrons. The third kappa shape index (κ3) is 3.76. The quantitative estimate of drug-likeness (QED) is 0.764. The van der Waals surface area contributed by atoms with Gasteiger partial charge < -0.3 is 14.4 Å². The molecule has 0 saturated carbocycles. The van der Waals surface area contributed by atoms with E-state index in [9.17, 15) is 4.79 Å². The van der Waals surface area contributed by atoms with Crippen LogP contribution < -0.4 is 9.47 Å². The van der Waals surface area contributed by atoms with Gasteiger partial charge in [-0.2, -0.15) is 0 Å². The largest absolute Gasteiger partial charge is 0.493 e. The number of amides is 1. The first-order valence-corrected chi connectivity index (χ1v) is 10.9. The molecule has 0 bridgehead atoms. The monoisotopic (exact) mass is 400 g/mol. The van der Waals surface area contributed by atoms with Crippen molar-refractivity contribution in [3.05, 3.63) is 46.2 Å². The molecule has 150 valence electrons. The molecule has 1 atom stereocenters. The number of benzene rings is 1. The fraction of sp³-hybridized carbons (Fsp3) is 0.500. The molecular weight excluding hydrogens is 372 g/mol. The van der Waals surface area contributed by atoms with Crippen LogP contribution in [0, 0.1) is 0 Å². The third-order valence-electron chi connectivity index (χ3n) is 6.09. The van der Waals surface area contributed by atoms with E-state index in [0.29, 0.717) is 12.0 Å². The molecule has 2 aromatic rings. The number of ether oxygens (including phenoxy) is 2. The zero-order chi connectivity index (χ0) is 19.5. The van der Waals surface area contributed by atoms with Crippen molar-refractivity contribution in [1.29, 1.82) is 0 Å². The number of rotatable bonds is 5. The van der Waals surface area contributed by atoms with Gasteiger partial charge in [0.2, 0.25) is 0 Å². The molecule has 4 rings (SSSR count). The molecule has 0 aliphatic carbocycles. The van der Waals surface area contributed by atoms with Crippen LogP contribution in [0.15, 0.2) is 35.7 Å². The highest BCUT2D eigenvalue weighted by Crippen LogP contribution is 2.40. The van der Waals surface area contributed by atoms with Crippen LogP contribution in [0.4, 0.5) is 0 Å². The van der Waals surface area contributed by atoms with Gasteiger partial charge in [0.15, 0.2) is 11.5 Å². The smallest absolute Gasteiger partial charge is 0.263 e. The molecule has 2 aliphatic heterocycles. The van der Waals surface area contributed by atoms with Gasteiger partial charge in [0.05, 0.1) is 19.1 Å². The van der Waals surface area contributed by atoms with Crippen molar-refractivity contribution in [2.45, 2.75) is 31.2 Å². The van der Waals surface area contributed by atoms with E-state index in [1.165, 1.54) is 16.9 Å². The van der Waals surface area contributed by atoms with Crippen molar-refractivity contribution in [3.63, 3.8) is 0 Å². The normalized spacial score (nSPS) is 21.1. The van der Waals surface area contributed by atoms with Crippen LogP contribution in [0.3, 0.4) is 0 Å². The van der Waals surface area contributed by atoms with E-state index in [4.69, 9.17) is 9.47 Å². The van der Waals surface area contributed by atoms with Gasteiger partial charge in [-0.1, -0.05) is 18.2 Å². The number of methoxy groups -OCH3 is 2. The van der Waals surface area contributed by atoms with Gasteiger partial charge in [-0.3, -0.25) is 9.69 Å². The number of hydrogen-bond acceptors (Lipinski definition) is 5. The minimum atomic E-state index is 0.189. The average molecular weight is 401 g/mol. The molecule has 2 fully saturated rings. The van der Waals surface area contributed by atoms with Crippen LogP contribution in [0.5, 0.6) is 11.5 Å². The molecule has 2 saturated heterocycles. The van der Waals surface area contributed by atoms with E-state index in [1.807, 2.05) is 34.5 Å². The maximum atomic E-state index is 12.6. The minimum Gasteiger partial charge on any atom is -0.493 e. The summed E-state index contributed by atoms with van der Waals surface area (Å²) < 4.78 is 11.1. The molecule has 3 heterocycles. The van der Waals surface area contributed by atoms with E-state index >= 15 is 0 Å². The van der Waals surface area contributed by atoms with Crippen molar-refractivity contribution in [1.82, 2.24) is 9.80 Å². The number of likely N-dealkylation sites (tertiary alicyclic amines) is 2. The van der Waals surface area contributed by atoms with Gasteiger partial charge in [-0.05, 0) is 43.3 Å². The zero-order valence-corrected chi connectivity index (χ0v) is 17.4. The van der Waals surface area contributed by atoms with Gasteiger partial charge in [0, 0.05) is 37.2 Å². The van der Waals surface area contributed by atoms with Crippen LogP contribution in [0.2, 0.25) is 0 Å². The van der Waals surface area contributed by atoms with Crippen LogP contribution in [-0.2, 0) is 0 Å². The second-order valence-electron chi connectivity index (χ2n) is 7.56. The lowest BCUT2D eigenvalue weighted by Gasteiger charge is -2.36. The third-order valence-corrected chi connectivity index (χ3v) is 6.95. The van der Waals surface area contributed by atoms with Crippen LogP contribution >= 0.6 is 11.3 Å². The zero-order valence-electron chi connectivity index (χ0n) is 16.6. The molecule has 5 nitrogen and oxygen atoms in total. The molecule has 0 N–H and O–H groups in total. The van der Waals surface area contributed by atoms with Crippen LogP contribution in [0.1, 0.15) is 40.4 Å². The summed E-state index contributed by atoms with van der Waals surface area (Å²) in [6.07, 6.45) is 3.25. The molecule has 28 heavy (non-hydrogen) atoms. The summed E-state index contributed by atoms with van der Waals surface area (Å²) in [5.74, 6) is 2.33. The Balaban J connectivity index is 1.36. The van der Waals surface area contributed by atoms with Gasteiger partial charge in [0.1, 0.15) is 0 Å². The van der Waals surface area contributed by atoms with E-state index in [0.717, 1.165) is 61.8 Å². The highest BCUT2D eigenvalue weighted by atomic mass is 32.1. The van der Waals surface area contributed by atoms with E-state index in [1.54, 1.807) is 14.2 Å². The second kappa shape index (κ2) is 8.53. The summed E-state index contributed by atoms with van der Waals surface area (Å²) in [4.78, 5) is 18.0. The number of nitrogens with zero attached hydrogens (tertiary/aromatic N) is 2. The Labute approximate surface area is 170 Å². The minimum absolute atomic E-state index is 0.189. The van der Waals surface area contributed by atoms with Crippen molar-refractivity contribution < 1.29 is 14.3 Å². The molecule has 1 unspecified atom stereocenters. The highest BCUT2D eigenvalue weighted by molar-refractivity contribution is 7.12. The first-order valence-electron chi connectivity index (χ1n) is 9.99. The molecule has 1 amide bonds. The van der Waals surface area contributed by atoms with Crippen molar-refractivity contribution in [3.8, 4) is 11.5 Å². The Kier molecular flexibility index (Phi) is 5.87. The lowest BCUT2D eigenvalue weighted by Crippen LogP contribution is -2.45. The first-order chi connectivity index (χ1) is 13.7. The van der Waals surface area contributed by atoms with Crippen molar-refractivity contribution in [2.75, 3.05) is 40.4 Å². The topological polar surface area (TPSA) is 42.0 Å². The van der Waals surface area contributed by atoms with E-state index in [-0.39, 0.29) is 5.91 Å². The summed E-state index contributed by atoms with van der Waals surface area (Å²) in [6.45, 7) is 3.86. The van der Waals surface area contributed by atoms with Crippen LogP contribution in [-0.4, -0.2) is 62.1 Å². The standard InChI is InChI=1S/C22H28N2O3S/c1-26-19-6-3-5-18(21(19)27-2)16-8-11-24(15-16)17-9-12-23(13-10-17)22(25)20-7-4-14-28-20/h3-7,14,16-17H,8-13,15H2,1-2H3. The second-order valence-corrected chi connectivity index (χ2v) is 8.51. The van der Waals surface area contributed by atoms with E-state index in [2.05, 4.69) is 11.0 Å². The molecule has 1 aromatic heterocycles. The maximum absolute atomic E-state index is 12.6. The highest BCUT2D eigenvalue weighted by Gasteiger charge is 2.34. The number of para-hydroxylation sites is 1. The lowest BCUT2D eigenvalue weighted by atomic mass is 9.96. The Morgan fingerprint density at radius 2 is 1.86 bits per heavy atom. The van der Waals surface area contributed by atoms with Crippen LogP contribution in [0.25, 0.3) is 0 Å². The molecule has 1 aromatic carbocycles.